The van der Waals surface area contributed by atoms with E-state index >= 15 is 0 Å². The number of aryl methyl sites for hydroxylation is 1. The Balaban J connectivity index is 1.96. The number of carbonyl (C=O) groups excluding carboxylic acids is 2. The van der Waals surface area contributed by atoms with Gasteiger partial charge in [-0.3, -0.25) is 4.90 Å². The lowest BCUT2D eigenvalue weighted by Gasteiger charge is -2.39. The average Bonchev–Trinajstić information content (AvgIpc) is 2.88. The first-order valence-corrected chi connectivity index (χ1v) is 12.3. The second-order valence-corrected chi connectivity index (χ2v) is 9.72. The lowest BCUT2D eigenvalue weighted by atomic mass is 9.97. The van der Waals surface area contributed by atoms with Gasteiger partial charge in [-0.05, 0) is 48.4 Å². The summed E-state index contributed by atoms with van der Waals surface area (Å²) in [5, 5.41) is 0. The minimum Gasteiger partial charge on any atom is -0.466 e. The number of benzene rings is 3. The maximum absolute atomic E-state index is 13.9. The number of nitrogens with zero attached hydrogens (tertiary/aromatic N) is 2. The normalized spacial score (nSPS) is 16.3. The summed E-state index contributed by atoms with van der Waals surface area (Å²) < 4.78 is 33.5. The molecule has 0 fully saturated rings. The highest BCUT2D eigenvalue weighted by atomic mass is 32.2. The number of para-hydroxylation sites is 1. The summed E-state index contributed by atoms with van der Waals surface area (Å²) in [5.74, 6) is -0.603. The molecule has 1 heterocycles. The van der Waals surface area contributed by atoms with Crippen molar-refractivity contribution < 1.29 is 22.7 Å². The van der Waals surface area contributed by atoms with Gasteiger partial charge in [-0.25, -0.2) is 22.3 Å². The summed E-state index contributed by atoms with van der Waals surface area (Å²) >= 11 is 0. The first-order valence-electron chi connectivity index (χ1n) is 10.8. The summed E-state index contributed by atoms with van der Waals surface area (Å²) in [6.07, 6.45) is 4.23. The molecule has 0 spiro atoms. The van der Waals surface area contributed by atoms with Crippen LogP contribution < -0.4 is 4.90 Å². The lowest BCUT2D eigenvalue weighted by molar-refractivity contribution is -0.134. The van der Waals surface area contributed by atoms with Crippen LogP contribution in [0.4, 0.5) is 10.5 Å². The number of anilines is 1. The summed E-state index contributed by atoms with van der Waals surface area (Å²) in [4.78, 5) is 27.0. The Labute approximate surface area is 204 Å². The molecule has 2 amide bonds. The van der Waals surface area contributed by atoms with Crippen LogP contribution in [0.2, 0.25) is 0 Å². The third kappa shape index (κ3) is 4.88. The molecule has 3 aromatic rings. The maximum atomic E-state index is 13.9. The molecule has 0 bridgehead atoms. The van der Waals surface area contributed by atoms with Gasteiger partial charge in [0.1, 0.15) is 6.04 Å². The van der Waals surface area contributed by atoms with Gasteiger partial charge in [-0.2, -0.15) is 0 Å². The summed E-state index contributed by atoms with van der Waals surface area (Å²) in [6, 6.07) is 22.1. The molecule has 0 radical (unpaired) electrons. The topological polar surface area (TPSA) is 84.0 Å². The van der Waals surface area contributed by atoms with E-state index in [9.17, 15) is 18.0 Å². The minimum atomic E-state index is -4.29. The zero-order chi connectivity index (χ0) is 25.0. The molecule has 0 unspecified atom stereocenters. The van der Waals surface area contributed by atoms with Gasteiger partial charge >= 0.3 is 12.0 Å². The fraction of sp³-hybridized carbons (Fsp3) is 0.111. The van der Waals surface area contributed by atoms with E-state index in [-0.39, 0.29) is 4.90 Å². The highest BCUT2D eigenvalue weighted by Crippen LogP contribution is 2.39. The molecule has 7 nitrogen and oxygen atoms in total. The van der Waals surface area contributed by atoms with Crippen molar-refractivity contribution in [1.82, 2.24) is 4.31 Å². The molecule has 178 valence electrons. The van der Waals surface area contributed by atoms with E-state index in [4.69, 9.17) is 4.74 Å². The highest BCUT2D eigenvalue weighted by Gasteiger charge is 2.43. The van der Waals surface area contributed by atoms with Crippen molar-refractivity contribution in [2.75, 3.05) is 12.0 Å². The van der Waals surface area contributed by atoms with E-state index in [2.05, 4.69) is 0 Å². The number of hydrogen-bond donors (Lipinski definition) is 0. The van der Waals surface area contributed by atoms with Gasteiger partial charge in [0.2, 0.25) is 0 Å². The summed E-state index contributed by atoms with van der Waals surface area (Å²) in [6.45, 7) is 1.85. The molecular formula is C27H24N2O5S. The predicted molar refractivity (Wildman–Crippen MR) is 133 cm³/mol. The average molecular weight is 489 g/mol. The molecular weight excluding hydrogens is 464 g/mol. The van der Waals surface area contributed by atoms with E-state index in [1.807, 2.05) is 6.92 Å². The Kier molecular flexibility index (Phi) is 6.84. The van der Waals surface area contributed by atoms with Crippen molar-refractivity contribution in [3.8, 4) is 0 Å². The maximum Gasteiger partial charge on any atom is 0.343 e. The fourth-order valence-electron chi connectivity index (χ4n) is 3.80. The molecule has 0 aromatic heterocycles. The van der Waals surface area contributed by atoms with Crippen LogP contribution in [0.25, 0.3) is 0 Å². The molecule has 8 heteroatoms. The lowest BCUT2D eigenvalue weighted by Crippen LogP contribution is -2.50. The second kappa shape index (κ2) is 9.99. The molecule has 1 atom stereocenters. The Bertz CT molecular complexity index is 1380. The number of esters is 1. The number of amides is 2. The number of ether oxygens (including phenoxy) is 1. The molecule has 0 saturated carbocycles. The quantitative estimate of drug-likeness (QED) is 0.361. The third-order valence-corrected chi connectivity index (χ3v) is 7.32. The van der Waals surface area contributed by atoms with Crippen molar-refractivity contribution >= 4 is 27.7 Å². The van der Waals surface area contributed by atoms with Crippen LogP contribution in [0, 0.1) is 6.92 Å². The van der Waals surface area contributed by atoms with Crippen molar-refractivity contribution in [3.63, 3.8) is 0 Å². The molecule has 0 aliphatic carbocycles. The fourth-order valence-corrected chi connectivity index (χ4v) is 5.32. The molecule has 0 N–H and O–H groups in total. The number of carbonyl (C=O) groups is 2. The number of sulfonamides is 1. The number of hydrogen-bond acceptors (Lipinski definition) is 5. The Hall–Kier alpha value is -4.17. The number of methoxy groups -OCH3 is 1. The van der Waals surface area contributed by atoms with Gasteiger partial charge in [0, 0.05) is 12.3 Å². The van der Waals surface area contributed by atoms with Crippen LogP contribution in [0.1, 0.15) is 17.2 Å². The number of rotatable bonds is 6. The van der Waals surface area contributed by atoms with Crippen LogP contribution in [0.5, 0.6) is 0 Å². The highest BCUT2D eigenvalue weighted by molar-refractivity contribution is 7.89. The zero-order valence-electron chi connectivity index (χ0n) is 19.2. The summed E-state index contributed by atoms with van der Waals surface area (Å²) in [5.41, 5.74) is 2.36. The smallest absolute Gasteiger partial charge is 0.343 e. The van der Waals surface area contributed by atoms with Crippen LogP contribution in [-0.4, -0.2) is 31.8 Å². The van der Waals surface area contributed by atoms with E-state index in [0.717, 1.165) is 9.87 Å². The van der Waals surface area contributed by atoms with Crippen LogP contribution >= 0.6 is 0 Å². The van der Waals surface area contributed by atoms with E-state index in [1.165, 1.54) is 36.3 Å². The van der Waals surface area contributed by atoms with Gasteiger partial charge in [0.15, 0.2) is 0 Å². The Morgan fingerprint density at radius 3 is 2.11 bits per heavy atom. The van der Waals surface area contributed by atoms with Crippen molar-refractivity contribution in [3.05, 3.63) is 120 Å². The molecule has 3 aromatic carbocycles. The van der Waals surface area contributed by atoms with Crippen molar-refractivity contribution in [2.24, 2.45) is 0 Å². The van der Waals surface area contributed by atoms with Gasteiger partial charge in [0.25, 0.3) is 10.0 Å². The Morgan fingerprint density at radius 1 is 0.914 bits per heavy atom. The van der Waals surface area contributed by atoms with Gasteiger partial charge in [-0.15, -0.1) is 0 Å². The molecule has 1 aliphatic heterocycles. The Morgan fingerprint density at radius 2 is 1.51 bits per heavy atom. The first-order chi connectivity index (χ1) is 16.8. The predicted octanol–water partition coefficient (Wildman–Crippen LogP) is 4.98. The van der Waals surface area contributed by atoms with Crippen LogP contribution in [0.15, 0.2) is 114 Å². The minimum absolute atomic E-state index is 0.0106. The molecule has 0 saturated heterocycles. The van der Waals surface area contributed by atoms with Gasteiger partial charge in [0.05, 0.1) is 17.7 Å². The van der Waals surface area contributed by atoms with E-state index in [0.29, 0.717) is 16.8 Å². The third-order valence-electron chi connectivity index (χ3n) is 5.56. The van der Waals surface area contributed by atoms with Gasteiger partial charge < -0.3 is 4.74 Å². The van der Waals surface area contributed by atoms with Crippen LogP contribution in [0.3, 0.4) is 0 Å². The molecule has 4 rings (SSSR count). The zero-order valence-corrected chi connectivity index (χ0v) is 20.1. The standard InChI is InChI=1S/C27H24N2O5S/c1-20-13-16-24(17-14-20)35(32,33)29-26(21-9-5-3-6-10-21)22(15-18-25(30)34-2)19-28(27(29)31)23-11-7-4-8-12-23/h3-19,26H,1-2H3/b18-15+/t26-/m0/s1. The van der Waals surface area contributed by atoms with E-state index in [1.54, 1.807) is 79.0 Å². The SMILES string of the molecule is COC(=O)/C=C/C1=CN(c2ccccc2)C(=O)N(S(=O)(=O)c2ccc(C)cc2)[C@H]1c1ccccc1. The second-order valence-electron chi connectivity index (χ2n) is 7.90. The monoisotopic (exact) mass is 488 g/mol. The first kappa shape index (κ1) is 24.0. The number of urea groups is 1. The largest absolute Gasteiger partial charge is 0.466 e. The van der Waals surface area contributed by atoms with Crippen LogP contribution in [-0.2, 0) is 19.6 Å². The van der Waals surface area contributed by atoms with Crippen molar-refractivity contribution in [2.45, 2.75) is 17.9 Å². The molecule has 1 aliphatic rings. The van der Waals surface area contributed by atoms with Gasteiger partial charge in [-0.1, -0.05) is 66.2 Å². The van der Waals surface area contributed by atoms with Crippen molar-refractivity contribution in [1.29, 1.82) is 0 Å². The summed E-state index contributed by atoms with van der Waals surface area (Å²) in [7, 11) is -3.04. The van der Waals surface area contributed by atoms with E-state index < -0.39 is 28.1 Å². The molecule has 35 heavy (non-hydrogen) atoms.